The van der Waals surface area contributed by atoms with Crippen molar-refractivity contribution in [2.75, 3.05) is 13.2 Å². The predicted molar refractivity (Wildman–Crippen MR) is 279 cm³/mol. The van der Waals surface area contributed by atoms with Crippen molar-refractivity contribution in [3.05, 3.63) is 0 Å². The maximum absolute atomic E-state index is 13.6. The van der Waals surface area contributed by atoms with Crippen LogP contribution in [-0.2, 0) is 23.3 Å². The van der Waals surface area contributed by atoms with Crippen molar-refractivity contribution in [2.24, 2.45) is 0 Å². The predicted octanol–water partition coefficient (Wildman–Crippen LogP) is 17.8. The molecular formula is C56H110N3O5P. The number of ether oxygens (including phenoxy) is 2. The van der Waals surface area contributed by atoms with Gasteiger partial charge >= 0.3 is 0 Å². The maximum atomic E-state index is 13.6. The van der Waals surface area contributed by atoms with E-state index in [4.69, 9.17) is 18.5 Å². The Labute approximate surface area is 406 Å². The van der Waals surface area contributed by atoms with Gasteiger partial charge in [0.1, 0.15) is 6.10 Å². The Morgan fingerprint density at radius 2 is 0.954 bits per heavy atom. The van der Waals surface area contributed by atoms with E-state index in [1.165, 1.54) is 205 Å². The van der Waals surface area contributed by atoms with Crippen LogP contribution in [0.15, 0.2) is 0 Å². The largest absolute Gasteiger partial charge is 0.348 e. The molecule has 1 N–H and O–H groups in total. The third-order valence-corrected chi connectivity index (χ3v) is 15.4. The Kier molecular flexibility index (Phi) is 41.4. The molecule has 1 fully saturated rings. The fourth-order valence-electron chi connectivity index (χ4n) is 9.64. The van der Waals surface area contributed by atoms with Crippen molar-refractivity contribution < 1.29 is 23.3 Å². The van der Waals surface area contributed by atoms with Crippen molar-refractivity contribution in [1.82, 2.24) is 9.99 Å². The minimum atomic E-state index is -1.45. The van der Waals surface area contributed by atoms with Crippen LogP contribution >= 0.6 is 8.53 Å². The molecule has 0 saturated carbocycles. The fraction of sp³-hybridized carbons (Fsp3) is 0.964. The van der Waals surface area contributed by atoms with E-state index in [-0.39, 0.29) is 42.8 Å². The van der Waals surface area contributed by atoms with Gasteiger partial charge in [-0.3, -0.25) is 4.79 Å². The third-order valence-electron chi connectivity index (χ3n) is 13.3. The highest BCUT2D eigenvalue weighted by molar-refractivity contribution is 7.44. The van der Waals surface area contributed by atoms with Gasteiger partial charge in [-0.25, -0.2) is 4.67 Å². The Balaban J connectivity index is 2.51. The first-order valence-corrected chi connectivity index (χ1v) is 29.5. The van der Waals surface area contributed by atoms with E-state index >= 15 is 0 Å². The quantitative estimate of drug-likeness (QED) is 0.0480. The molecule has 1 heterocycles. The molecule has 384 valence electrons. The highest BCUT2D eigenvalue weighted by Crippen LogP contribution is 2.46. The van der Waals surface area contributed by atoms with Crippen LogP contribution in [0.4, 0.5) is 0 Å². The summed E-state index contributed by atoms with van der Waals surface area (Å²) in [4.78, 5) is 13.6. The van der Waals surface area contributed by atoms with Gasteiger partial charge in [0, 0.05) is 18.5 Å². The Morgan fingerprint density at radius 3 is 1.32 bits per heavy atom. The number of hydrogen-bond acceptors (Lipinski definition) is 7. The molecule has 8 nitrogen and oxygen atoms in total. The molecule has 9 heteroatoms. The molecule has 0 aliphatic carbocycles. The normalized spacial score (nSPS) is 17.1. The van der Waals surface area contributed by atoms with Gasteiger partial charge in [0.05, 0.1) is 37.8 Å². The molecule has 0 aromatic rings. The van der Waals surface area contributed by atoms with Gasteiger partial charge in [-0.15, -0.1) is 0 Å². The van der Waals surface area contributed by atoms with Crippen molar-refractivity contribution >= 4 is 14.4 Å². The number of nitriles is 1. The number of nitrogens with one attached hydrogen (secondary N) is 1. The summed E-state index contributed by atoms with van der Waals surface area (Å²) in [6.45, 7) is 17.7. The van der Waals surface area contributed by atoms with Gasteiger partial charge < -0.3 is 23.8 Å². The number of carbonyl (C=O) groups excluding carboxylic acids is 1. The highest BCUT2D eigenvalue weighted by atomic mass is 31.2. The van der Waals surface area contributed by atoms with Crippen LogP contribution in [0.5, 0.6) is 0 Å². The van der Waals surface area contributed by atoms with Crippen LogP contribution in [0.1, 0.15) is 299 Å². The molecule has 1 rings (SSSR count). The Hall–Kier alpha value is -0.810. The molecule has 4 atom stereocenters. The second-order valence-electron chi connectivity index (χ2n) is 20.9. The number of rotatable bonds is 48. The molecule has 1 aliphatic rings. The maximum Gasteiger partial charge on any atom is 0.259 e. The van der Waals surface area contributed by atoms with Crippen molar-refractivity contribution in [1.29, 1.82) is 5.26 Å². The molecule has 1 saturated heterocycles. The second-order valence-corrected chi connectivity index (χ2v) is 22.3. The molecule has 0 radical (unpaired) electrons. The molecular weight excluding hydrogens is 826 g/mol. The first-order chi connectivity index (χ1) is 31.6. The summed E-state index contributed by atoms with van der Waals surface area (Å²) in [5.41, 5.74) is 0. The second kappa shape index (κ2) is 43.2. The Bertz CT molecular complexity index is 1090. The van der Waals surface area contributed by atoms with E-state index in [1.807, 2.05) is 13.8 Å². The zero-order valence-corrected chi connectivity index (χ0v) is 45.4. The van der Waals surface area contributed by atoms with Crippen LogP contribution in [0.25, 0.3) is 0 Å². The molecule has 0 aromatic heterocycles. The van der Waals surface area contributed by atoms with Crippen molar-refractivity contribution in [2.45, 2.75) is 336 Å². The summed E-state index contributed by atoms with van der Waals surface area (Å²) < 4.78 is 28.3. The summed E-state index contributed by atoms with van der Waals surface area (Å²) >= 11 is 0. The lowest BCUT2D eigenvalue weighted by Crippen LogP contribution is -2.50. The van der Waals surface area contributed by atoms with Crippen LogP contribution in [0.3, 0.4) is 0 Å². The van der Waals surface area contributed by atoms with Crippen LogP contribution < -0.4 is 5.32 Å². The molecule has 1 aliphatic heterocycles. The minimum Gasteiger partial charge on any atom is -0.348 e. The van der Waals surface area contributed by atoms with Gasteiger partial charge in [-0.1, -0.05) is 232 Å². The van der Waals surface area contributed by atoms with Crippen LogP contribution in [0, 0.1) is 11.3 Å². The lowest BCUT2D eigenvalue weighted by Gasteiger charge is -2.37. The number of carbonyl (C=O) groups is 1. The number of unbranched alkanes of at least 4 members (excludes halogenated alkanes) is 33. The van der Waals surface area contributed by atoms with E-state index in [0.717, 1.165) is 25.7 Å². The van der Waals surface area contributed by atoms with E-state index < -0.39 is 14.3 Å². The SMILES string of the molecule is CCCCCCCCCCCCCCCCCCCCCCCCCC(=O)N[C@@H](COP(OCCC#N)N(C(C)C)C(C)C)[C@@H]1OC(C)(C)O[C@@H]1CCCCCCCCCCCCCC. The average Bonchev–Trinajstić information content (AvgIpc) is 3.58. The molecule has 0 spiro atoms. The minimum absolute atomic E-state index is 0.0545. The summed E-state index contributed by atoms with van der Waals surface area (Å²) in [6.07, 6.45) is 48.3. The number of amides is 1. The summed E-state index contributed by atoms with van der Waals surface area (Å²) in [7, 11) is -1.45. The molecule has 1 amide bonds. The standard InChI is InChI=1S/C56H110N3O5P/c1-9-11-13-15-17-19-21-23-24-25-26-27-28-29-30-31-32-33-35-37-39-41-43-46-54(60)58-52(49-62-65(61-48-44-47-57)59(50(3)4)51(5)6)55-53(63-56(7,8)64-55)45-42-40-38-36-34-22-20-18-16-14-12-10-2/h50-53,55H,9-46,48-49H2,1-8H3,(H,58,60)/t52-,53+,55-,65?/m0/s1. The first kappa shape index (κ1) is 62.2. The third kappa shape index (κ3) is 35.0. The zero-order valence-electron chi connectivity index (χ0n) is 44.6. The lowest BCUT2D eigenvalue weighted by atomic mass is 9.99. The van der Waals surface area contributed by atoms with Gasteiger partial charge in [0.15, 0.2) is 5.79 Å². The van der Waals surface area contributed by atoms with Gasteiger partial charge in [0.2, 0.25) is 5.91 Å². The number of hydrogen-bond donors (Lipinski definition) is 1. The lowest BCUT2D eigenvalue weighted by molar-refractivity contribution is -0.151. The van der Waals surface area contributed by atoms with E-state index in [9.17, 15) is 10.1 Å². The number of nitrogens with zero attached hydrogens (tertiary/aromatic N) is 2. The van der Waals surface area contributed by atoms with Crippen LogP contribution in [0.2, 0.25) is 0 Å². The monoisotopic (exact) mass is 936 g/mol. The molecule has 0 aromatic carbocycles. The topological polar surface area (TPSA) is 93.0 Å². The molecule has 1 unspecified atom stereocenters. The van der Waals surface area contributed by atoms with Gasteiger partial charge in [-0.05, 0) is 54.4 Å². The van der Waals surface area contributed by atoms with Gasteiger partial charge in [-0.2, -0.15) is 5.26 Å². The average molecular weight is 936 g/mol. The van der Waals surface area contributed by atoms with Gasteiger partial charge in [0.25, 0.3) is 8.53 Å². The van der Waals surface area contributed by atoms with Crippen LogP contribution in [-0.4, -0.2) is 59.9 Å². The first-order valence-electron chi connectivity index (χ1n) is 28.4. The van der Waals surface area contributed by atoms with Crippen molar-refractivity contribution in [3.8, 4) is 6.07 Å². The summed E-state index contributed by atoms with van der Waals surface area (Å²) in [5.74, 6) is -0.684. The Morgan fingerprint density at radius 1 is 0.585 bits per heavy atom. The van der Waals surface area contributed by atoms with E-state index in [2.05, 4.69) is 57.6 Å². The highest BCUT2D eigenvalue weighted by Gasteiger charge is 2.46. The molecule has 65 heavy (non-hydrogen) atoms. The zero-order chi connectivity index (χ0) is 47.6. The summed E-state index contributed by atoms with van der Waals surface area (Å²) in [6, 6.07) is 2.21. The van der Waals surface area contributed by atoms with E-state index in [0.29, 0.717) is 19.4 Å². The molecule has 0 bridgehead atoms. The fourth-order valence-corrected chi connectivity index (χ4v) is 11.3. The smallest absolute Gasteiger partial charge is 0.259 e. The van der Waals surface area contributed by atoms with Crippen molar-refractivity contribution in [3.63, 3.8) is 0 Å². The summed E-state index contributed by atoms with van der Waals surface area (Å²) in [5, 5.41) is 12.6. The van der Waals surface area contributed by atoms with E-state index in [1.54, 1.807) is 0 Å².